The number of benzene rings is 1. The topological polar surface area (TPSA) is 121 Å². The summed E-state index contributed by atoms with van der Waals surface area (Å²) in [7, 11) is 0. The molecule has 31 heavy (non-hydrogen) atoms. The van der Waals surface area contributed by atoms with Crippen LogP contribution in [0.5, 0.6) is 0 Å². The molecule has 3 heterocycles. The highest BCUT2D eigenvalue weighted by Crippen LogP contribution is 2.33. The molecule has 1 aromatic carbocycles. The van der Waals surface area contributed by atoms with Gasteiger partial charge in [0, 0.05) is 12.2 Å². The fourth-order valence-corrected chi connectivity index (χ4v) is 3.79. The number of amides is 1. The lowest BCUT2D eigenvalue weighted by molar-refractivity contribution is -0.115. The molecule has 0 spiro atoms. The van der Waals surface area contributed by atoms with Crippen molar-refractivity contribution in [2.24, 2.45) is 0 Å². The molecule has 0 fully saturated rings. The van der Waals surface area contributed by atoms with E-state index in [-0.39, 0.29) is 28.6 Å². The zero-order valence-corrected chi connectivity index (χ0v) is 17.5. The van der Waals surface area contributed by atoms with Gasteiger partial charge in [0.05, 0.1) is 28.8 Å². The zero-order chi connectivity index (χ0) is 21.8. The van der Waals surface area contributed by atoms with Crippen LogP contribution in [0, 0.1) is 0 Å². The fourth-order valence-electron chi connectivity index (χ4n) is 2.82. The second kappa shape index (κ2) is 9.15. The van der Waals surface area contributed by atoms with Gasteiger partial charge in [0.15, 0.2) is 16.7 Å². The number of aromatic nitrogens is 2. The first-order valence-corrected chi connectivity index (χ1v) is 10.5. The van der Waals surface area contributed by atoms with Gasteiger partial charge in [0.2, 0.25) is 5.91 Å². The number of anilines is 1. The number of furan rings is 2. The van der Waals surface area contributed by atoms with E-state index < -0.39 is 5.97 Å². The van der Waals surface area contributed by atoms with Crippen LogP contribution in [0.15, 0.2) is 69.0 Å². The first-order chi connectivity index (χ1) is 15.0. The number of halogens is 1. The summed E-state index contributed by atoms with van der Waals surface area (Å²) in [6.45, 7) is 0. The number of aromatic amines is 1. The van der Waals surface area contributed by atoms with Gasteiger partial charge in [-0.1, -0.05) is 23.4 Å². The Balaban J connectivity index is 1.41. The van der Waals surface area contributed by atoms with Gasteiger partial charge < -0.3 is 24.2 Å². The number of hydrogen-bond acceptors (Lipinski definition) is 6. The van der Waals surface area contributed by atoms with Crippen molar-refractivity contribution in [3.63, 3.8) is 0 Å². The summed E-state index contributed by atoms with van der Waals surface area (Å²) >= 11 is 7.41. The second-order valence-electron chi connectivity index (χ2n) is 6.37. The van der Waals surface area contributed by atoms with Gasteiger partial charge in [0.25, 0.3) is 0 Å². The number of carbonyl (C=O) groups excluding carboxylic acids is 1. The number of hydrogen-bond donors (Lipinski definition) is 3. The number of carboxylic acids is 1. The standard InChI is InChI=1S/C21H16ClN3O5S/c22-13-6-5-12(20(27)28)11-14(13)23-17(26)7-10-31-21-24-18(15-3-1-8-29-15)19(25-21)16-4-2-9-30-16/h1-6,8-9,11H,7,10H2,(H,23,26)(H,24,25)(H,27,28). The Kier molecular flexibility index (Phi) is 6.15. The summed E-state index contributed by atoms with van der Waals surface area (Å²) in [5.74, 6) is 0.267. The van der Waals surface area contributed by atoms with Gasteiger partial charge >= 0.3 is 5.97 Å². The number of nitrogens with one attached hydrogen (secondary N) is 2. The number of imidazole rings is 1. The third-order valence-corrected chi connectivity index (χ3v) is 5.46. The van der Waals surface area contributed by atoms with Crippen molar-refractivity contribution in [2.45, 2.75) is 11.6 Å². The van der Waals surface area contributed by atoms with E-state index in [2.05, 4.69) is 15.3 Å². The second-order valence-corrected chi connectivity index (χ2v) is 7.86. The predicted octanol–water partition coefficient (Wildman–Crippen LogP) is 5.40. The van der Waals surface area contributed by atoms with Crippen molar-refractivity contribution < 1.29 is 23.5 Å². The van der Waals surface area contributed by atoms with Crippen molar-refractivity contribution in [2.75, 3.05) is 11.1 Å². The van der Waals surface area contributed by atoms with E-state index in [9.17, 15) is 9.59 Å². The lowest BCUT2D eigenvalue weighted by Gasteiger charge is -2.08. The maximum absolute atomic E-state index is 12.3. The van der Waals surface area contributed by atoms with Crippen LogP contribution in [0.2, 0.25) is 5.02 Å². The SMILES string of the molecule is O=C(CCSc1nc(-c2ccco2)c(-c2ccco2)[nH]1)Nc1cc(C(=O)O)ccc1Cl. The van der Waals surface area contributed by atoms with E-state index in [1.54, 1.807) is 30.7 Å². The number of carboxylic acid groups (broad SMARTS) is 1. The Labute approximate surface area is 185 Å². The van der Waals surface area contributed by atoms with E-state index in [1.165, 1.54) is 30.0 Å². The maximum Gasteiger partial charge on any atom is 0.335 e. The third-order valence-electron chi connectivity index (χ3n) is 4.26. The van der Waals surface area contributed by atoms with Gasteiger partial charge in [-0.15, -0.1) is 0 Å². The average Bonchev–Trinajstić information content (AvgIpc) is 3.50. The normalized spacial score (nSPS) is 10.9. The molecule has 10 heteroatoms. The highest BCUT2D eigenvalue weighted by Gasteiger charge is 2.18. The summed E-state index contributed by atoms with van der Waals surface area (Å²) in [5, 5.41) is 12.6. The fraction of sp³-hybridized carbons (Fsp3) is 0.0952. The van der Waals surface area contributed by atoms with Crippen LogP contribution in [-0.4, -0.2) is 32.7 Å². The molecule has 0 aliphatic rings. The Bertz CT molecular complexity index is 1150. The van der Waals surface area contributed by atoms with Crippen LogP contribution >= 0.6 is 23.4 Å². The van der Waals surface area contributed by atoms with Crippen LogP contribution < -0.4 is 5.32 Å². The Morgan fingerprint density at radius 2 is 1.87 bits per heavy atom. The van der Waals surface area contributed by atoms with Crippen molar-refractivity contribution in [1.29, 1.82) is 0 Å². The molecule has 3 N–H and O–H groups in total. The lowest BCUT2D eigenvalue weighted by atomic mass is 10.2. The van der Waals surface area contributed by atoms with E-state index in [1.807, 2.05) is 6.07 Å². The number of nitrogens with zero attached hydrogens (tertiary/aromatic N) is 1. The highest BCUT2D eigenvalue weighted by atomic mass is 35.5. The van der Waals surface area contributed by atoms with Crippen LogP contribution in [-0.2, 0) is 4.79 Å². The maximum atomic E-state index is 12.3. The van der Waals surface area contributed by atoms with E-state index in [0.29, 0.717) is 33.8 Å². The number of thioether (sulfide) groups is 1. The van der Waals surface area contributed by atoms with Crippen LogP contribution in [0.4, 0.5) is 5.69 Å². The Hall–Kier alpha value is -3.43. The molecule has 0 aliphatic heterocycles. The van der Waals surface area contributed by atoms with Crippen molar-refractivity contribution in [3.05, 3.63) is 65.6 Å². The number of aromatic carboxylic acids is 1. The molecule has 4 rings (SSSR count). The quantitative estimate of drug-likeness (QED) is 0.303. The molecule has 0 radical (unpaired) electrons. The minimum Gasteiger partial charge on any atom is -0.478 e. The molecule has 8 nitrogen and oxygen atoms in total. The van der Waals surface area contributed by atoms with Crippen LogP contribution in [0.3, 0.4) is 0 Å². The molecule has 0 bridgehead atoms. The molecule has 158 valence electrons. The largest absolute Gasteiger partial charge is 0.478 e. The third kappa shape index (κ3) is 4.84. The number of H-pyrrole nitrogens is 1. The summed E-state index contributed by atoms with van der Waals surface area (Å²) < 4.78 is 10.9. The molecular weight excluding hydrogens is 442 g/mol. The smallest absolute Gasteiger partial charge is 0.335 e. The lowest BCUT2D eigenvalue weighted by Crippen LogP contribution is -2.13. The zero-order valence-electron chi connectivity index (χ0n) is 15.9. The molecule has 0 saturated carbocycles. The molecule has 0 atom stereocenters. The minimum atomic E-state index is -1.10. The van der Waals surface area contributed by atoms with E-state index >= 15 is 0 Å². The Morgan fingerprint density at radius 1 is 1.13 bits per heavy atom. The van der Waals surface area contributed by atoms with Crippen molar-refractivity contribution in [1.82, 2.24) is 9.97 Å². The summed E-state index contributed by atoms with van der Waals surface area (Å²) in [4.78, 5) is 31.2. The monoisotopic (exact) mass is 457 g/mol. The van der Waals surface area contributed by atoms with E-state index in [4.69, 9.17) is 25.5 Å². The number of rotatable bonds is 8. The van der Waals surface area contributed by atoms with Crippen LogP contribution in [0.1, 0.15) is 16.8 Å². The minimum absolute atomic E-state index is 0.0422. The van der Waals surface area contributed by atoms with Crippen molar-refractivity contribution >= 4 is 40.9 Å². The molecule has 3 aromatic heterocycles. The van der Waals surface area contributed by atoms with Gasteiger partial charge in [-0.05, 0) is 42.5 Å². The predicted molar refractivity (Wildman–Crippen MR) is 116 cm³/mol. The molecule has 0 unspecified atom stereocenters. The van der Waals surface area contributed by atoms with Gasteiger partial charge in [-0.2, -0.15) is 0 Å². The van der Waals surface area contributed by atoms with Crippen molar-refractivity contribution in [3.8, 4) is 22.9 Å². The molecule has 4 aromatic rings. The summed E-state index contributed by atoms with van der Waals surface area (Å²) in [5.41, 5.74) is 1.60. The molecular formula is C21H16ClN3O5S. The number of carbonyl (C=O) groups is 2. The summed E-state index contributed by atoms with van der Waals surface area (Å²) in [6, 6.07) is 11.3. The van der Waals surface area contributed by atoms with E-state index in [0.717, 1.165) is 0 Å². The van der Waals surface area contributed by atoms with Gasteiger partial charge in [-0.3, -0.25) is 4.79 Å². The molecule has 0 aliphatic carbocycles. The first kappa shape index (κ1) is 20.8. The highest BCUT2D eigenvalue weighted by molar-refractivity contribution is 7.99. The summed E-state index contributed by atoms with van der Waals surface area (Å²) in [6.07, 6.45) is 3.31. The first-order valence-electron chi connectivity index (χ1n) is 9.14. The molecule has 1 amide bonds. The average molecular weight is 458 g/mol. The van der Waals surface area contributed by atoms with Gasteiger partial charge in [-0.25, -0.2) is 9.78 Å². The Morgan fingerprint density at radius 3 is 2.55 bits per heavy atom. The molecule has 0 saturated heterocycles. The van der Waals surface area contributed by atoms with Crippen LogP contribution in [0.25, 0.3) is 22.9 Å². The van der Waals surface area contributed by atoms with Gasteiger partial charge in [0.1, 0.15) is 11.4 Å².